The molecule has 0 spiro atoms. The van der Waals surface area contributed by atoms with Gasteiger partial charge in [0.2, 0.25) is 0 Å². The maximum Gasteiger partial charge on any atom is 0.308 e. The Morgan fingerprint density at radius 2 is 1.86 bits per heavy atom. The zero-order valence-electron chi connectivity index (χ0n) is 13.0. The Morgan fingerprint density at radius 1 is 1.23 bits per heavy atom. The van der Waals surface area contributed by atoms with E-state index in [0.29, 0.717) is 5.56 Å². The average molecular weight is 309 g/mol. The van der Waals surface area contributed by atoms with Crippen LogP contribution in [0.25, 0.3) is 0 Å². The van der Waals surface area contributed by atoms with Crippen molar-refractivity contribution in [1.29, 1.82) is 0 Å². The molecule has 2 aliphatic heterocycles. The van der Waals surface area contributed by atoms with Crippen LogP contribution in [-0.4, -0.2) is 33.6 Å². The molecule has 0 amide bonds. The first kappa shape index (κ1) is 15.4. The first-order valence-electron chi connectivity index (χ1n) is 7.68. The monoisotopic (exact) mass is 309 g/mol. The second kappa shape index (κ2) is 5.01. The van der Waals surface area contributed by atoms with E-state index < -0.39 is 29.4 Å². The summed E-state index contributed by atoms with van der Waals surface area (Å²) in [5.41, 5.74) is 0.153. The predicted molar refractivity (Wildman–Crippen MR) is 78.6 cm³/mol. The van der Waals surface area contributed by atoms with Crippen LogP contribution in [0.15, 0.2) is 18.2 Å². The topological polar surface area (TPSA) is 40.5 Å². The number of carboxylic acids is 1. The van der Waals surface area contributed by atoms with Crippen LogP contribution in [0, 0.1) is 17.6 Å². The molecule has 0 saturated carbocycles. The number of carbonyl (C=O) groups is 1. The summed E-state index contributed by atoms with van der Waals surface area (Å²) in [6.07, 6.45) is 1.67. The summed E-state index contributed by atoms with van der Waals surface area (Å²) in [7, 11) is 0. The van der Waals surface area contributed by atoms with E-state index in [9.17, 15) is 18.7 Å². The third kappa shape index (κ3) is 2.22. The molecule has 0 aromatic heterocycles. The van der Waals surface area contributed by atoms with Gasteiger partial charge in [0.1, 0.15) is 11.6 Å². The van der Waals surface area contributed by atoms with E-state index in [1.54, 1.807) is 0 Å². The van der Waals surface area contributed by atoms with Crippen molar-refractivity contribution in [3.63, 3.8) is 0 Å². The highest BCUT2D eigenvalue weighted by atomic mass is 19.1. The van der Waals surface area contributed by atoms with Crippen LogP contribution < -0.4 is 0 Å². The normalized spacial score (nSPS) is 31.7. The molecule has 2 fully saturated rings. The molecule has 1 aromatic carbocycles. The molecule has 1 N–H and O–H groups in total. The van der Waals surface area contributed by atoms with Gasteiger partial charge in [-0.2, -0.15) is 0 Å². The summed E-state index contributed by atoms with van der Waals surface area (Å²) >= 11 is 0. The van der Waals surface area contributed by atoms with Gasteiger partial charge in [0.15, 0.2) is 0 Å². The van der Waals surface area contributed by atoms with E-state index in [1.165, 1.54) is 12.1 Å². The van der Waals surface area contributed by atoms with Crippen molar-refractivity contribution >= 4 is 5.97 Å². The number of fused-ring (bicyclic) bond motifs is 2. The summed E-state index contributed by atoms with van der Waals surface area (Å²) in [5, 5.41) is 9.67. The van der Waals surface area contributed by atoms with Crippen LogP contribution in [0.5, 0.6) is 0 Å². The molecular formula is C17H21F2NO2. The summed E-state index contributed by atoms with van der Waals surface area (Å²) < 4.78 is 27.4. The molecule has 22 heavy (non-hydrogen) atoms. The molecule has 4 atom stereocenters. The van der Waals surface area contributed by atoms with Gasteiger partial charge in [0, 0.05) is 29.6 Å². The van der Waals surface area contributed by atoms with Gasteiger partial charge < -0.3 is 5.11 Å². The van der Waals surface area contributed by atoms with Crippen molar-refractivity contribution < 1.29 is 18.7 Å². The van der Waals surface area contributed by atoms with Gasteiger partial charge in [-0.3, -0.25) is 9.69 Å². The van der Waals surface area contributed by atoms with Crippen molar-refractivity contribution in [2.24, 2.45) is 5.92 Å². The van der Waals surface area contributed by atoms with Crippen LogP contribution in [0.2, 0.25) is 0 Å². The van der Waals surface area contributed by atoms with Gasteiger partial charge in [0.25, 0.3) is 0 Å². The van der Waals surface area contributed by atoms with Crippen molar-refractivity contribution in [2.45, 2.75) is 57.2 Å². The molecule has 0 radical (unpaired) electrons. The van der Waals surface area contributed by atoms with E-state index in [2.05, 4.69) is 25.7 Å². The summed E-state index contributed by atoms with van der Waals surface area (Å²) in [6, 6.07) is 3.38. The van der Waals surface area contributed by atoms with Crippen LogP contribution in [-0.2, 0) is 4.79 Å². The van der Waals surface area contributed by atoms with E-state index in [1.807, 2.05) is 0 Å². The molecule has 2 aliphatic rings. The van der Waals surface area contributed by atoms with Crippen molar-refractivity contribution in [3.8, 4) is 0 Å². The number of nitrogens with zero attached hydrogens (tertiary/aromatic N) is 1. The second-order valence-corrected chi connectivity index (χ2v) is 7.35. The third-order valence-electron chi connectivity index (χ3n) is 5.07. The highest BCUT2D eigenvalue weighted by Gasteiger charge is 2.59. The minimum atomic E-state index is -0.893. The van der Waals surface area contributed by atoms with Gasteiger partial charge in [0.05, 0.1) is 5.92 Å². The fraction of sp³-hybridized carbons (Fsp3) is 0.588. The number of hydrogen-bond donors (Lipinski definition) is 1. The van der Waals surface area contributed by atoms with Crippen molar-refractivity contribution in [2.75, 3.05) is 0 Å². The Bertz CT molecular complexity index is 611. The van der Waals surface area contributed by atoms with E-state index in [-0.39, 0.29) is 17.6 Å². The van der Waals surface area contributed by atoms with Crippen molar-refractivity contribution in [3.05, 3.63) is 35.4 Å². The number of halogens is 2. The van der Waals surface area contributed by atoms with E-state index >= 15 is 0 Å². The SMILES string of the molecule is CC(C)(C)N1C2CCC1C(c1ccc(F)cc1F)C2C(=O)O. The number of hydrogen-bond acceptors (Lipinski definition) is 2. The van der Waals surface area contributed by atoms with Gasteiger partial charge in [-0.15, -0.1) is 0 Å². The largest absolute Gasteiger partial charge is 0.481 e. The summed E-state index contributed by atoms with van der Waals surface area (Å²) in [4.78, 5) is 14.0. The lowest BCUT2D eigenvalue weighted by Crippen LogP contribution is -2.46. The van der Waals surface area contributed by atoms with Gasteiger partial charge in [-0.05, 0) is 45.2 Å². The molecule has 2 heterocycles. The lowest BCUT2D eigenvalue weighted by molar-refractivity contribution is -0.143. The molecular weight excluding hydrogens is 288 g/mol. The molecule has 2 saturated heterocycles. The van der Waals surface area contributed by atoms with Gasteiger partial charge in [-0.1, -0.05) is 6.07 Å². The molecule has 3 nitrogen and oxygen atoms in total. The molecule has 120 valence electrons. The minimum Gasteiger partial charge on any atom is -0.481 e. The Kier molecular flexibility index (Phi) is 3.51. The highest BCUT2D eigenvalue weighted by Crippen LogP contribution is 2.53. The van der Waals surface area contributed by atoms with Gasteiger partial charge in [-0.25, -0.2) is 8.78 Å². The smallest absolute Gasteiger partial charge is 0.308 e. The summed E-state index contributed by atoms with van der Waals surface area (Å²) in [6.45, 7) is 6.17. The first-order valence-corrected chi connectivity index (χ1v) is 7.68. The lowest BCUT2D eigenvalue weighted by atomic mass is 9.75. The van der Waals surface area contributed by atoms with Crippen LogP contribution in [0.4, 0.5) is 8.78 Å². The Labute approximate surface area is 128 Å². The molecule has 3 rings (SSSR count). The fourth-order valence-corrected chi connectivity index (χ4v) is 4.54. The lowest BCUT2D eigenvalue weighted by Gasteiger charge is -2.37. The minimum absolute atomic E-state index is 0.00828. The number of carboxylic acid groups (broad SMARTS) is 1. The van der Waals surface area contributed by atoms with E-state index in [0.717, 1.165) is 18.9 Å². The van der Waals surface area contributed by atoms with Gasteiger partial charge >= 0.3 is 5.97 Å². The quantitative estimate of drug-likeness (QED) is 0.910. The third-order valence-corrected chi connectivity index (χ3v) is 5.07. The first-order chi connectivity index (χ1) is 10.2. The molecule has 4 unspecified atom stereocenters. The van der Waals surface area contributed by atoms with Crippen molar-refractivity contribution in [1.82, 2.24) is 4.90 Å². The van der Waals surface area contributed by atoms with Crippen LogP contribution >= 0.6 is 0 Å². The van der Waals surface area contributed by atoms with E-state index in [4.69, 9.17) is 0 Å². The summed E-state index contributed by atoms with van der Waals surface area (Å²) in [5.74, 6) is -3.23. The number of rotatable bonds is 2. The number of benzene rings is 1. The zero-order valence-corrected chi connectivity index (χ0v) is 13.0. The molecule has 5 heteroatoms. The Hall–Kier alpha value is -1.49. The zero-order chi connectivity index (χ0) is 16.2. The Morgan fingerprint density at radius 3 is 2.41 bits per heavy atom. The standard InChI is InChI=1S/C17H21F2NO2/c1-17(2,3)20-12-6-7-13(20)15(16(21)22)14(12)10-5-4-9(18)8-11(10)19/h4-5,8,12-15H,6-7H2,1-3H3,(H,21,22). The fourth-order valence-electron chi connectivity index (χ4n) is 4.54. The number of aliphatic carboxylic acids is 1. The second-order valence-electron chi connectivity index (χ2n) is 7.35. The predicted octanol–water partition coefficient (Wildman–Crippen LogP) is 3.39. The molecule has 1 aromatic rings. The maximum atomic E-state index is 14.2. The Balaban J connectivity index is 2.08. The molecule has 0 aliphatic carbocycles. The van der Waals surface area contributed by atoms with Crippen LogP contribution in [0.1, 0.15) is 45.1 Å². The molecule has 2 bridgehead atoms. The highest BCUT2D eigenvalue weighted by molar-refractivity contribution is 5.74. The average Bonchev–Trinajstić information content (AvgIpc) is 2.93. The van der Waals surface area contributed by atoms with Crippen LogP contribution in [0.3, 0.4) is 0 Å². The maximum absolute atomic E-state index is 14.2.